The van der Waals surface area contributed by atoms with Gasteiger partial charge in [-0.15, -0.1) is 17.9 Å². The molecule has 0 saturated carbocycles. The number of ketones is 1. The Hall–Kier alpha value is -4.96. The van der Waals surface area contributed by atoms with Gasteiger partial charge in [-0.05, 0) is 87.3 Å². The number of Topliss-reactive ketones (excluding diaryl/α,β-unsaturated/α-hetero) is 1. The topological polar surface area (TPSA) is 188 Å². The second kappa shape index (κ2) is 20.9. The molecular weight excluding hydrogens is 864 g/mol. The third-order valence-electron chi connectivity index (χ3n) is 12.5. The fraction of sp³-hybridized carbons (Fsp3) is 0.521. The summed E-state index contributed by atoms with van der Waals surface area (Å²) in [6, 6.07) is 10.4. The summed E-state index contributed by atoms with van der Waals surface area (Å²) in [5, 5.41) is 12.6. The number of unbranched alkanes of at least 4 members (excludes halogenated alkanes) is 2. The molecule has 0 bridgehead atoms. The van der Waals surface area contributed by atoms with Crippen molar-refractivity contribution in [1.29, 1.82) is 0 Å². The van der Waals surface area contributed by atoms with E-state index in [2.05, 4.69) is 11.6 Å². The average Bonchev–Trinajstić information content (AvgIpc) is 3.52. The molecule has 64 heavy (non-hydrogen) atoms. The van der Waals surface area contributed by atoms with Gasteiger partial charge in [0.25, 0.3) is 11.8 Å². The summed E-state index contributed by atoms with van der Waals surface area (Å²) >= 11 is 8.02. The molecule has 2 fully saturated rings. The number of carbonyl (C=O) groups excluding carboxylic acids is 6. The molecule has 344 valence electrons. The fourth-order valence-electron chi connectivity index (χ4n) is 8.43. The van der Waals surface area contributed by atoms with Crippen molar-refractivity contribution in [3.8, 4) is 5.75 Å². The molecule has 3 aliphatic heterocycles. The average molecular weight is 922 g/mol. The molecule has 2 saturated heterocycles. The zero-order valence-electron chi connectivity index (χ0n) is 37.0. The van der Waals surface area contributed by atoms with Crippen LogP contribution in [0.4, 0.5) is 4.79 Å². The van der Waals surface area contributed by atoms with E-state index < -0.39 is 65.5 Å². The minimum atomic E-state index is -1.46. The Morgan fingerprint density at radius 3 is 2.53 bits per heavy atom. The molecule has 0 radical (unpaired) electrons. The van der Waals surface area contributed by atoms with Gasteiger partial charge in [0, 0.05) is 31.5 Å². The maximum atomic E-state index is 14.5. The van der Waals surface area contributed by atoms with Gasteiger partial charge in [-0.2, -0.15) is 0 Å². The quantitative estimate of drug-likeness (QED) is 0.0428. The zero-order valence-corrected chi connectivity index (χ0v) is 38.5. The summed E-state index contributed by atoms with van der Waals surface area (Å²) in [6.45, 7) is 12.9. The number of halogens is 1. The first kappa shape index (κ1) is 48.5. The third kappa shape index (κ3) is 12.0. The van der Waals surface area contributed by atoms with Crippen molar-refractivity contribution >= 4 is 68.8 Å². The number of thiazole rings is 1. The molecule has 0 aliphatic carbocycles. The smallest absolute Gasteiger partial charge is 0.457 e. The lowest BCUT2D eigenvalue weighted by Crippen LogP contribution is -2.47. The number of cyclic esters (lactones) is 1. The van der Waals surface area contributed by atoms with Crippen LogP contribution >= 0.6 is 22.9 Å². The summed E-state index contributed by atoms with van der Waals surface area (Å²) in [5.74, 6) is -3.42. The number of aromatic nitrogens is 1. The number of epoxide rings is 1. The van der Waals surface area contributed by atoms with Crippen molar-refractivity contribution in [2.24, 2.45) is 17.3 Å². The van der Waals surface area contributed by atoms with Gasteiger partial charge in [0.05, 0.1) is 55.8 Å². The van der Waals surface area contributed by atoms with Gasteiger partial charge >= 0.3 is 18.1 Å². The van der Waals surface area contributed by atoms with Gasteiger partial charge in [-0.3, -0.25) is 28.9 Å². The highest BCUT2D eigenvalue weighted by molar-refractivity contribution is 7.18. The summed E-state index contributed by atoms with van der Waals surface area (Å²) in [6.07, 6.45) is 3.48. The normalized spacial score (nSPS) is 26.3. The van der Waals surface area contributed by atoms with Crippen molar-refractivity contribution < 1.29 is 57.6 Å². The Labute approximate surface area is 382 Å². The molecule has 1 N–H and O–H groups in total. The maximum absolute atomic E-state index is 14.5. The first-order valence-corrected chi connectivity index (χ1v) is 23.0. The zero-order chi connectivity index (χ0) is 46.3. The van der Waals surface area contributed by atoms with Crippen molar-refractivity contribution in [1.82, 2.24) is 9.88 Å². The Morgan fingerprint density at radius 2 is 1.81 bits per heavy atom. The third-order valence-corrected chi connectivity index (χ3v) is 13.7. The SMILES string of the molecule is C=CC[C@H]1C(=O)C(C)(C)[C@@H](O)CC(=O)O[C@H](c2ccc3sc(C)nc3c2)C[C@@H]2O[C@]2(C)CCC[C@H](C)C1OC(=O)OCc1ccc(OC(=O)CCCCCN2C(=O)C=CC2=O)c(Cl)c1. The lowest BCUT2D eigenvalue weighted by molar-refractivity contribution is -0.157. The number of carbonyl (C=O) groups is 6. The van der Waals surface area contributed by atoms with Gasteiger partial charge in [0.1, 0.15) is 30.3 Å². The van der Waals surface area contributed by atoms with Crippen LogP contribution in [-0.2, 0) is 49.5 Å². The van der Waals surface area contributed by atoms with Crippen LogP contribution in [0, 0.1) is 24.2 Å². The number of hydrogen-bond donors (Lipinski definition) is 1. The molecule has 6 rings (SSSR count). The van der Waals surface area contributed by atoms with Gasteiger partial charge in [-0.1, -0.05) is 63.4 Å². The van der Waals surface area contributed by atoms with Crippen LogP contribution in [0.1, 0.15) is 114 Å². The van der Waals surface area contributed by atoms with Crippen LogP contribution in [0.25, 0.3) is 10.2 Å². The number of hydrogen-bond acceptors (Lipinski definition) is 14. The van der Waals surface area contributed by atoms with Gasteiger partial charge in [0.2, 0.25) is 0 Å². The van der Waals surface area contributed by atoms with Gasteiger partial charge < -0.3 is 28.8 Å². The molecule has 4 heterocycles. The van der Waals surface area contributed by atoms with Crippen molar-refractivity contribution in [2.45, 2.75) is 135 Å². The highest BCUT2D eigenvalue weighted by Crippen LogP contribution is 2.47. The number of aryl methyl sites for hydroxylation is 1. The lowest BCUT2D eigenvalue weighted by atomic mass is 9.71. The van der Waals surface area contributed by atoms with E-state index >= 15 is 0 Å². The first-order chi connectivity index (χ1) is 30.4. The molecule has 3 aliphatic rings. The van der Waals surface area contributed by atoms with E-state index in [1.54, 1.807) is 37.3 Å². The molecular formula is C48H57ClN2O12S. The Kier molecular flexibility index (Phi) is 15.8. The van der Waals surface area contributed by atoms with Crippen LogP contribution in [0.2, 0.25) is 5.02 Å². The molecule has 2 aromatic carbocycles. The predicted molar refractivity (Wildman–Crippen MR) is 238 cm³/mol. The Balaban J connectivity index is 1.08. The molecule has 14 nitrogen and oxygen atoms in total. The van der Waals surface area contributed by atoms with Crippen molar-refractivity contribution in [3.63, 3.8) is 0 Å². The van der Waals surface area contributed by atoms with Crippen molar-refractivity contribution in [2.75, 3.05) is 6.54 Å². The van der Waals surface area contributed by atoms with Gasteiger partial charge in [-0.25, -0.2) is 9.78 Å². The number of aliphatic hydroxyl groups is 1. The molecule has 1 unspecified atom stereocenters. The number of nitrogens with zero attached hydrogens (tertiary/aromatic N) is 2. The van der Waals surface area contributed by atoms with Crippen LogP contribution < -0.4 is 4.74 Å². The summed E-state index contributed by atoms with van der Waals surface area (Å²) in [4.78, 5) is 83.2. The summed E-state index contributed by atoms with van der Waals surface area (Å²) in [5.41, 5.74) is 0.121. The molecule has 3 aromatic rings. The molecule has 7 atom stereocenters. The number of allylic oxidation sites excluding steroid dienone is 1. The van der Waals surface area contributed by atoms with E-state index in [1.807, 2.05) is 39.0 Å². The van der Waals surface area contributed by atoms with E-state index in [9.17, 15) is 33.9 Å². The van der Waals surface area contributed by atoms with Crippen LogP contribution in [-0.4, -0.2) is 81.1 Å². The number of imide groups is 1. The van der Waals surface area contributed by atoms with E-state index in [4.69, 9.17) is 35.3 Å². The number of amides is 2. The largest absolute Gasteiger partial charge is 0.508 e. The minimum Gasteiger partial charge on any atom is -0.457 e. The second-order valence-electron chi connectivity index (χ2n) is 17.7. The number of rotatable bonds is 13. The molecule has 0 spiro atoms. The highest BCUT2D eigenvalue weighted by atomic mass is 35.5. The van der Waals surface area contributed by atoms with Crippen LogP contribution in [0.3, 0.4) is 0 Å². The first-order valence-electron chi connectivity index (χ1n) is 21.8. The Morgan fingerprint density at radius 1 is 1.06 bits per heavy atom. The van der Waals surface area contributed by atoms with Crippen LogP contribution in [0.5, 0.6) is 5.75 Å². The standard InChI is InChI=1S/C48H57ClN2O12S/c1-7-12-32-44(62-46(58)59-27-30-15-17-35(33(49)23-30)60-42(55)14-9-8-10-22-51-40(53)19-20-41(51)54)28(2)13-11-21-48(6)39(63-48)25-36(31-16-18-37-34(24-31)50-29(3)64-37)61-43(56)26-38(52)47(4,5)45(32)57/h7,15-20,23-24,28,32,36,38-39,44,52H,1,8-14,21-22,25-27H2,2-6H3/t28-,32+,36-,38-,39-,44?,48+/m0/s1. The number of esters is 2. The van der Waals surface area contributed by atoms with Crippen LogP contribution in [0.15, 0.2) is 61.2 Å². The lowest BCUT2D eigenvalue weighted by Gasteiger charge is -2.37. The monoisotopic (exact) mass is 920 g/mol. The summed E-state index contributed by atoms with van der Waals surface area (Å²) < 4.78 is 30.3. The minimum absolute atomic E-state index is 0.102. The number of benzene rings is 2. The number of ether oxygens (including phenoxy) is 5. The summed E-state index contributed by atoms with van der Waals surface area (Å²) in [7, 11) is 0. The number of aliphatic hydroxyl groups excluding tert-OH is 1. The highest BCUT2D eigenvalue weighted by Gasteiger charge is 2.53. The second-order valence-corrected chi connectivity index (χ2v) is 19.4. The van der Waals surface area contributed by atoms with E-state index in [1.165, 1.54) is 24.3 Å². The fourth-order valence-corrected chi connectivity index (χ4v) is 9.48. The van der Waals surface area contributed by atoms with Crippen molar-refractivity contribution in [3.05, 3.63) is 82.4 Å². The Bertz CT molecular complexity index is 2270. The molecule has 1 aromatic heterocycles. The van der Waals surface area contributed by atoms with E-state index in [0.29, 0.717) is 50.5 Å². The van der Waals surface area contributed by atoms with E-state index in [-0.39, 0.29) is 60.6 Å². The molecule has 2 amide bonds. The predicted octanol–water partition coefficient (Wildman–Crippen LogP) is 8.86. The maximum Gasteiger partial charge on any atom is 0.508 e. The number of fused-ring (bicyclic) bond motifs is 2. The van der Waals surface area contributed by atoms with Gasteiger partial charge in [0.15, 0.2) is 0 Å². The van der Waals surface area contributed by atoms with E-state index in [0.717, 1.165) is 25.7 Å². The molecule has 16 heteroatoms.